The standard InChI is InChI=1S/C24H16BrClN2O5S/c25-18-5-10-21(33-14-16-1-6-19(26)7-2-16)17(11-18)12-22-23(29)27(24(30)34-22)13-15-3-8-20(9-4-15)28(31)32/h1-12H,13-14H2/b22-12-. The summed E-state index contributed by atoms with van der Waals surface area (Å²) in [5.74, 6) is 0.122. The van der Waals surface area contributed by atoms with E-state index < -0.39 is 16.1 Å². The number of nitrogens with zero attached hydrogens (tertiary/aromatic N) is 2. The second-order valence-corrected chi connectivity index (χ2v) is 9.63. The molecule has 0 unspecified atom stereocenters. The molecule has 1 fully saturated rings. The number of non-ortho nitro benzene ring substituents is 1. The molecule has 0 radical (unpaired) electrons. The topological polar surface area (TPSA) is 89.8 Å². The molecule has 34 heavy (non-hydrogen) atoms. The highest BCUT2D eigenvalue weighted by Crippen LogP contribution is 2.36. The molecule has 3 aromatic carbocycles. The van der Waals surface area contributed by atoms with Gasteiger partial charge in [-0.15, -0.1) is 0 Å². The summed E-state index contributed by atoms with van der Waals surface area (Å²) in [5, 5.41) is 11.1. The second kappa shape index (κ2) is 10.4. The highest BCUT2D eigenvalue weighted by molar-refractivity contribution is 9.10. The number of thioether (sulfide) groups is 1. The van der Waals surface area contributed by atoms with Gasteiger partial charge in [-0.05, 0) is 59.3 Å². The van der Waals surface area contributed by atoms with Gasteiger partial charge in [0.25, 0.3) is 16.8 Å². The smallest absolute Gasteiger partial charge is 0.293 e. The predicted molar refractivity (Wildman–Crippen MR) is 135 cm³/mol. The summed E-state index contributed by atoms with van der Waals surface area (Å²) in [7, 11) is 0. The van der Waals surface area contributed by atoms with Gasteiger partial charge in [-0.25, -0.2) is 0 Å². The van der Waals surface area contributed by atoms with Crippen molar-refractivity contribution in [3.05, 3.63) is 108 Å². The molecule has 1 saturated heterocycles. The fourth-order valence-corrected chi connectivity index (χ4v) is 4.52. The number of nitro groups is 1. The van der Waals surface area contributed by atoms with E-state index in [2.05, 4.69) is 15.9 Å². The molecule has 1 aliphatic rings. The third-order valence-electron chi connectivity index (χ3n) is 4.93. The number of imide groups is 1. The van der Waals surface area contributed by atoms with Gasteiger partial charge in [0, 0.05) is 27.2 Å². The number of rotatable bonds is 7. The first-order valence-electron chi connectivity index (χ1n) is 9.95. The first kappa shape index (κ1) is 24.0. The van der Waals surface area contributed by atoms with E-state index in [4.69, 9.17) is 16.3 Å². The number of amides is 2. The number of benzene rings is 3. The molecule has 1 heterocycles. The quantitative estimate of drug-likeness (QED) is 0.179. The Hall–Kier alpha value is -3.14. The average Bonchev–Trinajstić information content (AvgIpc) is 3.07. The van der Waals surface area contributed by atoms with Crippen molar-refractivity contribution in [1.29, 1.82) is 0 Å². The zero-order chi connectivity index (χ0) is 24.2. The summed E-state index contributed by atoms with van der Waals surface area (Å²) in [5.41, 5.74) is 2.13. The highest BCUT2D eigenvalue weighted by atomic mass is 79.9. The van der Waals surface area contributed by atoms with E-state index in [1.807, 2.05) is 24.3 Å². The number of hydrogen-bond donors (Lipinski definition) is 0. The SMILES string of the molecule is O=C1S/C(=C\c2cc(Br)ccc2OCc2ccc(Cl)cc2)C(=O)N1Cc1ccc([N+](=O)[O-])cc1. The normalized spacial score (nSPS) is 14.6. The van der Waals surface area contributed by atoms with Gasteiger partial charge in [-0.3, -0.25) is 24.6 Å². The minimum atomic E-state index is -0.503. The van der Waals surface area contributed by atoms with Crippen LogP contribution in [0.1, 0.15) is 16.7 Å². The Balaban J connectivity index is 1.52. The number of carbonyl (C=O) groups is 2. The molecule has 0 saturated carbocycles. The average molecular weight is 560 g/mol. The molecule has 1 aliphatic heterocycles. The van der Waals surface area contributed by atoms with Crippen molar-refractivity contribution < 1.29 is 19.2 Å². The Bertz CT molecular complexity index is 1300. The molecule has 0 bridgehead atoms. The summed E-state index contributed by atoms with van der Waals surface area (Å²) in [6, 6.07) is 18.5. The third kappa shape index (κ3) is 5.67. The molecular weight excluding hydrogens is 544 g/mol. The van der Waals surface area contributed by atoms with E-state index in [0.717, 1.165) is 26.7 Å². The predicted octanol–water partition coefficient (Wildman–Crippen LogP) is 6.83. The van der Waals surface area contributed by atoms with E-state index in [0.29, 0.717) is 28.5 Å². The van der Waals surface area contributed by atoms with Gasteiger partial charge in [0.1, 0.15) is 12.4 Å². The summed E-state index contributed by atoms with van der Waals surface area (Å²) in [4.78, 5) is 37.2. The molecule has 10 heteroatoms. The van der Waals surface area contributed by atoms with E-state index in [1.165, 1.54) is 24.3 Å². The van der Waals surface area contributed by atoms with Crippen LogP contribution in [0.25, 0.3) is 6.08 Å². The van der Waals surface area contributed by atoms with Crippen LogP contribution in [0.15, 0.2) is 76.1 Å². The summed E-state index contributed by atoms with van der Waals surface area (Å²) in [6.07, 6.45) is 1.63. The Labute approximate surface area is 212 Å². The van der Waals surface area contributed by atoms with Crippen molar-refractivity contribution in [2.75, 3.05) is 0 Å². The molecule has 4 rings (SSSR count). The van der Waals surface area contributed by atoms with Crippen molar-refractivity contribution in [3.8, 4) is 5.75 Å². The van der Waals surface area contributed by atoms with E-state index in [-0.39, 0.29) is 17.1 Å². The Morgan fingerprint density at radius 2 is 1.71 bits per heavy atom. The Morgan fingerprint density at radius 1 is 1.03 bits per heavy atom. The Morgan fingerprint density at radius 3 is 2.38 bits per heavy atom. The lowest BCUT2D eigenvalue weighted by Crippen LogP contribution is -2.27. The molecular formula is C24H16BrClN2O5S. The summed E-state index contributed by atoms with van der Waals surface area (Å²) < 4.78 is 6.75. The lowest BCUT2D eigenvalue weighted by molar-refractivity contribution is -0.384. The zero-order valence-electron chi connectivity index (χ0n) is 17.4. The van der Waals surface area contributed by atoms with Gasteiger partial charge >= 0.3 is 0 Å². The van der Waals surface area contributed by atoms with Gasteiger partial charge in [0.05, 0.1) is 16.4 Å². The number of halogens is 2. The van der Waals surface area contributed by atoms with Gasteiger partial charge in [0.2, 0.25) is 0 Å². The first-order chi connectivity index (χ1) is 16.3. The summed E-state index contributed by atoms with van der Waals surface area (Å²) in [6.45, 7) is 0.333. The van der Waals surface area contributed by atoms with Crippen LogP contribution in [0.2, 0.25) is 5.02 Å². The van der Waals surface area contributed by atoms with Crippen molar-refractivity contribution in [3.63, 3.8) is 0 Å². The molecule has 0 N–H and O–H groups in total. The van der Waals surface area contributed by atoms with E-state index >= 15 is 0 Å². The molecule has 2 amide bonds. The van der Waals surface area contributed by atoms with Crippen molar-refractivity contribution in [1.82, 2.24) is 4.90 Å². The minimum absolute atomic E-state index is 0.0262. The fourth-order valence-electron chi connectivity index (χ4n) is 3.19. The molecule has 7 nitrogen and oxygen atoms in total. The minimum Gasteiger partial charge on any atom is -0.488 e. The van der Waals surface area contributed by atoms with Gasteiger partial charge < -0.3 is 4.74 Å². The number of carbonyl (C=O) groups excluding carboxylic acids is 2. The van der Waals surface area contributed by atoms with E-state index in [1.54, 1.807) is 24.3 Å². The first-order valence-corrected chi connectivity index (χ1v) is 11.9. The van der Waals surface area contributed by atoms with E-state index in [9.17, 15) is 19.7 Å². The van der Waals surface area contributed by atoms with Crippen LogP contribution in [0.5, 0.6) is 5.75 Å². The molecule has 172 valence electrons. The fraction of sp³-hybridized carbons (Fsp3) is 0.0833. The maximum atomic E-state index is 13.0. The van der Waals surface area contributed by atoms with Crippen LogP contribution in [0, 0.1) is 10.1 Å². The van der Waals surface area contributed by atoms with Crippen molar-refractivity contribution >= 4 is 62.2 Å². The lowest BCUT2D eigenvalue weighted by atomic mass is 10.1. The van der Waals surface area contributed by atoms with Crippen LogP contribution in [-0.2, 0) is 17.9 Å². The van der Waals surface area contributed by atoms with Gasteiger partial charge in [0.15, 0.2) is 0 Å². The second-order valence-electron chi connectivity index (χ2n) is 7.29. The van der Waals surface area contributed by atoms with Crippen LogP contribution in [0.3, 0.4) is 0 Å². The van der Waals surface area contributed by atoms with Crippen molar-refractivity contribution in [2.24, 2.45) is 0 Å². The van der Waals surface area contributed by atoms with Crippen LogP contribution in [0.4, 0.5) is 10.5 Å². The lowest BCUT2D eigenvalue weighted by Gasteiger charge is -2.12. The molecule has 0 aliphatic carbocycles. The highest BCUT2D eigenvalue weighted by Gasteiger charge is 2.35. The zero-order valence-corrected chi connectivity index (χ0v) is 20.6. The van der Waals surface area contributed by atoms with Gasteiger partial charge in [-0.1, -0.05) is 51.8 Å². The summed E-state index contributed by atoms with van der Waals surface area (Å²) >= 11 is 10.2. The van der Waals surface area contributed by atoms with Crippen LogP contribution in [-0.4, -0.2) is 21.0 Å². The number of hydrogen-bond acceptors (Lipinski definition) is 6. The third-order valence-corrected chi connectivity index (χ3v) is 6.58. The molecule has 0 atom stereocenters. The Kier molecular flexibility index (Phi) is 7.35. The maximum absolute atomic E-state index is 13.0. The molecule has 0 spiro atoms. The van der Waals surface area contributed by atoms with Gasteiger partial charge in [-0.2, -0.15) is 0 Å². The molecule has 0 aromatic heterocycles. The monoisotopic (exact) mass is 558 g/mol. The largest absolute Gasteiger partial charge is 0.488 e. The van der Waals surface area contributed by atoms with Crippen LogP contribution < -0.4 is 4.74 Å². The number of nitro benzene ring substituents is 1. The number of ether oxygens (including phenoxy) is 1. The van der Waals surface area contributed by atoms with Crippen LogP contribution >= 0.6 is 39.3 Å². The molecule has 3 aromatic rings. The van der Waals surface area contributed by atoms with Crippen molar-refractivity contribution in [2.45, 2.75) is 13.2 Å². The maximum Gasteiger partial charge on any atom is 0.293 e.